The molecule has 0 spiro atoms. The minimum absolute atomic E-state index is 0.412. The number of hydrazone groups is 1. The van der Waals surface area contributed by atoms with Gasteiger partial charge in [-0.1, -0.05) is 47.5 Å². The highest BCUT2D eigenvalue weighted by molar-refractivity contribution is 6.39. The lowest BCUT2D eigenvalue weighted by Crippen LogP contribution is -2.32. The highest BCUT2D eigenvalue weighted by atomic mass is 16.5. The van der Waals surface area contributed by atoms with E-state index in [2.05, 4.69) is 15.8 Å². The molecule has 3 rings (SSSR count). The van der Waals surface area contributed by atoms with Gasteiger partial charge in [0.1, 0.15) is 6.61 Å². The van der Waals surface area contributed by atoms with Crippen molar-refractivity contribution in [3.05, 3.63) is 89.0 Å². The summed E-state index contributed by atoms with van der Waals surface area (Å²) in [5.41, 5.74) is 7.34. The largest absolute Gasteiger partial charge is 0.493 e. The van der Waals surface area contributed by atoms with E-state index in [9.17, 15) is 9.59 Å². The van der Waals surface area contributed by atoms with Gasteiger partial charge in [-0.15, -0.1) is 0 Å². The molecular formula is C26H27N3O4. The van der Waals surface area contributed by atoms with Crippen LogP contribution in [0.3, 0.4) is 0 Å². The summed E-state index contributed by atoms with van der Waals surface area (Å²) in [4.78, 5) is 24.2. The first-order chi connectivity index (χ1) is 15.9. The summed E-state index contributed by atoms with van der Waals surface area (Å²) in [5.74, 6) is -0.526. The number of hydrogen-bond donors (Lipinski definition) is 2. The zero-order valence-corrected chi connectivity index (χ0v) is 19.1. The van der Waals surface area contributed by atoms with Crippen molar-refractivity contribution in [2.24, 2.45) is 5.10 Å². The van der Waals surface area contributed by atoms with Gasteiger partial charge in [0.25, 0.3) is 0 Å². The minimum atomic E-state index is -0.861. The quantitative estimate of drug-likeness (QED) is 0.321. The van der Waals surface area contributed by atoms with Gasteiger partial charge in [0.2, 0.25) is 0 Å². The molecule has 0 bridgehead atoms. The van der Waals surface area contributed by atoms with E-state index in [-0.39, 0.29) is 0 Å². The van der Waals surface area contributed by atoms with Crippen LogP contribution in [-0.4, -0.2) is 24.6 Å². The molecule has 7 heteroatoms. The number of aryl methyl sites for hydroxylation is 2. The van der Waals surface area contributed by atoms with E-state index in [1.165, 1.54) is 5.56 Å². The molecule has 0 heterocycles. The Hall–Kier alpha value is -4.13. The standard InChI is InChI=1S/C26H27N3O4/c1-17-5-9-20(10-6-17)16-33-23-14-11-21(15-24(23)32-4)19(3)28-29-26(31)25(30)27-22-12-7-18(2)8-13-22/h5-15H,16H2,1-4H3,(H,27,30)(H,29,31)/b28-19+. The number of carbonyl (C=O) groups is 2. The van der Waals surface area contributed by atoms with Crippen molar-refractivity contribution in [3.63, 3.8) is 0 Å². The molecule has 0 saturated carbocycles. The van der Waals surface area contributed by atoms with Crippen molar-refractivity contribution >= 4 is 23.2 Å². The van der Waals surface area contributed by atoms with Crippen LogP contribution in [0.15, 0.2) is 71.8 Å². The molecule has 7 nitrogen and oxygen atoms in total. The van der Waals surface area contributed by atoms with Crippen molar-refractivity contribution < 1.29 is 19.1 Å². The van der Waals surface area contributed by atoms with E-state index in [0.717, 1.165) is 11.1 Å². The summed E-state index contributed by atoms with van der Waals surface area (Å²) in [7, 11) is 1.56. The van der Waals surface area contributed by atoms with Gasteiger partial charge in [0.05, 0.1) is 12.8 Å². The smallest absolute Gasteiger partial charge is 0.329 e. The number of benzene rings is 3. The average Bonchev–Trinajstić information content (AvgIpc) is 2.83. The van der Waals surface area contributed by atoms with Crippen LogP contribution in [0, 0.1) is 13.8 Å². The Morgan fingerprint density at radius 2 is 1.48 bits per heavy atom. The number of carbonyl (C=O) groups excluding carboxylic acids is 2. The summed E-state index contributed by atoms with van der Waals surface area (Å²) in [6, 6.07) is 20.6. The third-order valence-electron chi connectivity index (χ3n) is 4.94. The monoisotopic (exact) mass is 445 g/mol. The topological polar surface area (TPSA) is 89.0 Å². The Morgan fingerprint density at radius 3 is 2.12 bits per heavy atom. The number of nitrogens with zero attached hydrogens (tertiary/aromatic N) is 1. The first kappa shape index (κ1) is 23.5. The minimum Gasteiger partial charge on any atom is -0.493 e. The number of nitrogens with one attached hydrogen (secondary N) is 2. The third kappa shape index (κ3) is 6.67. The molecule has 0 aliphatic heterocycles. The van der Waals surface area contributed by atoms with Crippen molar-refractivity contribution in [1.29, 1.82) is 0 Å². The lowest BCUT2D eigenvalue weighted by Gasteiger charge is -2.12. The predicted octanol–water partition coefficient (Wildman–Crippen LogP) is 4.37. The van der Waals surface area contributed by atoms with Crippen LogP contribution in [0.5, 0.6) is 11.5 Å². The summed E-state index contributed by atoms with van der Waals surface area (Å²) in [6.45, 7) is 6.11. The van der Waals surface area contributed by atoms with Gasteiger partial charge >= 0.3 is 11.8 Å². The van der Waals surface area contributed by atoms with E-state index in [1.54, 1.807) is 38.3 Å². The molecule has 33 heavy (non-hydrogen) atoms. The molecule has 0 aromatic heterocycles. The number of amides is 2. The second kappa shape index (κ2) is 10.9. The number of hydrogen-bond acceptors (Lipinski definition) is 5. The number of methoxy groups -OCH3 is 1. The van der Waals surface area contributed by atoms with E-state index in [0.29, 0.717) is 35.1 Å². The van der Waals surface area contributed by atoms with Crippen LogP contribution >= 0.6 is 0 Å². The SMILES string of the molecule is COc1cc(/C(C)=N/NC(=O)C(=O)Nc2ccc(C)cc2)ccc1OCc1ccc(C)cc1. The van der Waals surface area contributed by atoms with Crippen LogP contribution in [0.1, 0.15) is 29.2 Å². The molecule has 0 unspecified atom stereocenters. The molecule has 0 aliphatic rings. The van der Waals surface area contributed by atoms with Crippen LogP contribution in [0.4, 0.5) is 5.69 Å². The first-order valence-electron chi connectivity index (χ1n) is 10.4. The fraction of sp³-hybridized carbons (Fsp3) is 0.192. The maximum atomic E-state index is 12.1. The van der Waals surface area contributed by atoms with Crippen LogP contribution in [-0.2, 0) is 16.2 Å². The maximum Gasteiger partial charge on any atom is 0.329 e. The maximum absolute atomic E-state index is 12.1. The summed E-state index contributed by atoms with van der Waals surface area (Å²) >= 11 is 0. The zero-order valence-electron chi connectivity index (χ0n) is 19.1. The highest BCUT2D eigenvalue weighted by Crippen LogP contribution is 2.29. The fourth-order valence-electron chi connectivity index (χ4n) is 2.93. The van der Waals surface area contributed by atoms with E-state index < -0.39 is 11.8 Å². The van der Waals surface area contributed by atoms with E-state index >= 15 is 0 Å². The Morgan fingerprint density at radius 1 is 0.848 bits per heavy atom. The Kier molecular flexibility index (Phi) is 7.81. The lowest BCUT2D eigenvalue weighted by atomic mass is 10.1. The van der Waals surface area contributed by atoms with Crippen molar-refractivity contribution in [2.45, 2.75) is 27.4 Å². The van der Waals surface area contributed by atoms with Gasteiger partial charge in [-0.25, -0.2) is 5.43 Å². The molecule has 3 aromatic rings. The second-order valence-corrected chi connectivity index (χ2v) is 7.60. The third-order valence-corrected chi connectivity index (χ3v) is 4.94. The van der Waals surface area contributed by atoms with Gasteiger partial charge < -0.3 is 14.8 Å². The van der Waals surface area contributed by atoms with E-state index in [4.69, 9.17) is 9.47 Å². The van der Waals surface area contributed by atoms with Gasteiger partial charge in [-0.2, -0.15) is 5.10 Å². The molecule has 2 N–H and O–H groups in total. The number of anilines is 1. The Bertz CT molecular complexity index is 1150. The fourth-order valence-corrected chi connectivity index (χ4v) is 2.93. The van der Waals surface area contributed by atoms with Gasteiger partial charge in [-0.3, -0.25) is 9.59 Å². The predicted molar refractivity (Wildman–Crippen MR) is 129 cm³/mol. The molecule has 0 radical (unpaired) electrons. The molecule has 3 aromatic carbocycles. The van der Waals surface area contributed by atoms with E-state index in [1.807, 2.05) is 56.3 Å². The average molecular weight is 446 g/mol. The lowest BCUT2D eigenvalue weighted by molar-refractivity contribution is -0.136. The van der Waals surface area contributed by atoms with Crippen molar-refractivity contribution in [3.8, 4) is 11.5 Å². The summed E-state index contributed by atoms with van der Waals surface area (Å²) < 4.78 is 11.3. The molecule has 0 atom stereocenters. The van der Waals surface area contributed by atoms with Crippen LogP contribution in [0.2, 0.25) is 0 Å². The molecule has 0 aliphatic carbocycles. The zero-order chi connectivity index (χ0) is 23.8. The van der Waals surface area contributed by atoms with Gasteiger partial charge in [-0.05, 0) is 56.7 Å². The molecule has 2 amide bonds. The first-order valence-corrected chi connectivity index (χ1v) is 10.4. The number of rotatable bonds is 7. The molecular weight excluding hydrogens is 418 g/mol. The van der Waals surface area contributed by atoms with Crippen molar-refractivity contribution in [2.75, 3.05) is 12.4 Å². The van der Waals surface area contributed by atoms with Crippen LogP contribution in [0.25, 0.3) is 0 Å². The molecule has 170 valence electrons. The van der Waals surface area contributed by atoms with Crippen molar-refractivity contribution in [1.82, 2.24) is 5.43 Å². The van der Waals surface area contributed by atoms with Gasteiger partial charge in [0, 0.05) is 11.3 Å². The normalized spacial score (nSPS) is 11.0. The summed E-state index contributed by atoms with van der Waals surface area (Å²) in [5, 5.41) is 6.57. The molecule has 0 saturated heterocycles. The summed E-state index contributed by atoms with van der Waals surface area (Å²) in [6.07, 6.45) is 0. The molecule has 0 fully saturated rings. The van der Waals surface area contributed by atoms with Gasteiger partial charge in [0.15, 0.2) is 11.5 Å². The highest BCUT2D eigenvalue weighted by Gasteiger charge is 2.14. The Balaban J connectivity index is 1.61. The number of ether oxygens (including phenoxy) is 2. The Labute approximate surface area is 193 Å². The second-order valence-electron chi connectivity index (χ2n) is 7.60. The van der Waals surface area contributed by atoms with Crippen LogP contribution < -0.4 is 20.2 Å².